The van der Waals surface area contributed by atoms with E-state index in [-0.39, 0.29) is 6.30 Å². The first-order valence-corrected chi connectivity index (χ1v) is 18.6. The van der Waals surface area contributed by atoms with Crippen LogP contribution in [-0.4, -0.2) is 23.2 Å². The first-order valence-electron chi connectivity index (χ1n) is 11.0. The third-order valence-corrected chi connectivity index (χ3v) is 11.7. The Bertz CT molecular complexity index is 1460. The minimum absolute atomic E-state index is 0.0872. The van der Waals surface area contributed by atoms with Crippen LogP contribution in [0.4, 0.5) is 0 Å². The standard InChI is InChI=1S/C26H26GeN2S/c1-16(2)21-14-18(13-17-9-6-7-10-19(17)21)23-26-24(29-15-28-23)20-11-8-12-22(25(20)30-26)27(3,4)5/h6-16H,1-5H3/i15D. The van der Waals surface area contributed by atoms with Gasteiger partial charge in [-0.05, 0) is 0 Å². The quantitative estimate of drug-likeness (QED) is 0.257. The molecule has 0 atom stereocenters. The molecule has 0 aliphatic heterocycles. The van der Waals surface area contributed by atoms with Crippen LogP contribution in [0.5, 0.6) is 0 Å². The molecule has 3 aromatic carbocycles. The van der Waals surface area contributed by atoms with Gasteiger partial charge in [0.15, 0.2) is 0 Å². The van der Waals surface area contributed by atoms with Gasteiger partial charge >= 0.3 is 186 Å². The van der Waals surface area contributed by atoms with Crippen molar-refractivity contribution >= 4 is 60.1 Å². The van der Waals surface area contributed by atoms with Crippen LogP contribution in [-0.2, 0) is 0 Å². The Hall–Kier alpha value is -2.24. The van der Waals surface area contributed by atoms with Gasteiger partial charge in [-0.2, -0.15) is 0 Å². The SMILES string of the molecule is [2H]c1nc(-c2cc(C(C)C)c3ccccc3c2)c2sc3[c]([Ge]([CH3])([CH3])[CH3])cccc3c2n1. The average Bonchev–Trinajstić information content (AvgIpc) is 3.10. The van der Waals surface area contributed by atoms with Gasteiger partial charge in [0.1, 0.15) is 0 Å². The van der Waals surface area contributed by atoms with Crippen molar-refractivity contribution in [1.82, 2.24) is 9.97 Å². The van der Waals surface area contributed by atoms with Gasteiger partial charge in [-0.15, -0.1) is 0 Å². The number of rotatable bonds is 3. The summed E-state index contributed by atoms with van der Waals surface area (Å²) < 4.78 is 12.3. The molecule has 0 saturated heterocycles. The number of hydrogen-bond donors (Lipinski definition) is 0. The zero-order valence-electron chi connectivity index (χ0n) is 19.1. The van der Waals surface area contributed by atoms with Crippen molar-refractivity contribution in [2.75, 3.05) is 0 Å². The summed E-state index contributed by atoms with van der Waals surface area (Å²) in [5.74, 6) is 7.69. The van der Waals surface area contributed by atoms with Gasteiger partial charge in [-0.1, -0.05) is 0 Å². The topological polar surface area (TPSA) is 25.8 Å². The minimum atomic E-state index is -2.06. The summed E-state index contributed by atoms with van der Waals surface area (Å²) in [5, 5.41) is 3.67. The van der Waals surface area contributed by atoms with Crippen molar-refractivity contribution in [3.8, 4) is 11.3 Å². The van der Waals surface area contributed by atoms with Crippen LogP contribution in [0, 0.1) is 0 Å². The molecule has 5 rings (SSSR count). The maximum atomic E-state index is 8.35. The molecule has 4 heteroatoms. The molecule has 0 amide bonds. The van der Waals surface area contributed by atoms with Crippen molar-refractivity contribution in [3.05, 3.63) is 66.5 Å². The van der Waals surface area contributed by atoms with Crippen LogP contribution in [0.3, 0.4) is 0 Å². The second-order valence-corrected chi connectivity index (χ2v) is 20.9. The van der Waals surface area contributed by atoms with Gasteiger partial charge in [0, 0.05) is 0 Å². The summed E-state index contributed by atoms with van der Waals surface area (Å²) >= 11 is -0.254. The molecule has 5 aromatic rings. The van der Waals surface area contributed by atoms with E-state index in [2.05, 4.69) is 95.7 Å². The third kappa shape index (κ3) is 3.15. The van der Waals surface area contributed by atoms with E-state index in [9.17, 15) is 0 Å². The fourth-order valence-corrected chi connectivity index (χ4v) is 10.3. The van der Waals surface area contributed by atoms with E-state index in [1.807, 2.05) is 0 Å². The predicted molar refractivity (Wildman–Crippen MR) is 135 cm³/mol. The number of thiophene rings is 1. The first-order chi connectivity index (χ1) is 14.7. The Morgan fingerprint density at radius 2 is 1.67 bits per heavy atom. The number of nitrogens with zero attached hydrogens (tertiary/aromatic N) is 2. The average molecular weight is 472 g/mol. The van der Waals surface area contributed by atoms with Crippen LogP contribution in [0.2, 0.25) is 17.3 Å². The van der Waals surface area contributed by atoms with Crippen LogP contribution >= 0.6 is 11.3 Å². The summed E-state index contributed by atoms with van der Waals surface area (Å²) in [5.41, 5.74) is 4.20. The number of aromatic nitrogens is 2. The van der Waals surface area contributed by atoms with Gasteiger partial charge < -0.3 is 0 Å². The predicted octanol–water partition coefficient (Wildman–Crippen LogP) is 7.33. The van der Waals surface area contributed by atoms with Gasteiger partial charge in [-0.3, -0.25) is 0 Å². The van der Waals surface area contributed by atoms with Gasteiger partial charge in [-0.25, -0.2) is 0 Å². The third-order valence-electron chi connectivity index (χ3n) is 5.83. The Morgan fingerprint density at radius 1 is 0.900 bits per heavy atom. The zero-order chi connectivity index (χ0) is 21.9. The van der Waals surface area contributed by atoms with Crippen molar-refractivity contribution < 1.29 is 1.37 Å². The molecule has 2 nitrogen and oxygen atoms in total. The molecule has 150 valence electrons. The molecular weight excluding hydrogens is 445 g/mol. The first kappa shape index (κ1) is 18.5. The van der Waals surface area contributed by atoms with E-state index in [1.54, 1.807) is 11.3 Å². The van der Waals surface area contributed by atoms with Crippen LogP contribution in [0.25, 0.3) is 42.3 Å². The Balaban J connectivity index is 1.88. The van der Waals surface area contributed by atoms with E-state index in [0.717, 1.165) is 21.5 Å². The second-order valence-electron chi connectivity index (χ2n) is 9.33. The summed E-state index contributed by atoms with van der Waals surface area (Å²) in [7, 11) is 0. The number of fused-ring (bicyclic) bond motifs is 4. The molecule has 2 aromatic heterocycles. The molecule has 0 saturated carbocycles. The van der Waals surface area contributed by atoms with E-state index in [0.29, 0.717) is 5.92 Å². The molecular formula is C26H26GeN2S. The van der Waals surface area contributed by atoms with E-state index >= 15 is 0 Å². The fourth-order valence-electron chi connectivity index (χ4n) is 4.29. The van der Waals surface area contributed by atoms with E-state index < -0.39 is 13.3 Å². The Morgan fingerprint density at radius 3 is 2.43 bits per heavy atom. The summed E-state index contributed by atoms with van der Waals surface area (Å²) in [6, 6.07) is 19.6. The normalized spacial score (nSPS) is 12.9. The molecule has 0 fully saturated rings. The monoisotopic (exact) mass is 473 g/mol. The molecule has 0 radical (unpaired) electrons. The summed E-state index contributed by atoms with van der Waals surface area (Å²) in [6.07, 6.45) is 0.0872. The van der Waals surface area contributed by atoms with Crippen LogP contribution in [0.1, 0.15) is 26.7 Å². The van der Waals surface area contributed by atoms with Crippen molar-refractivity contribution in [3.63, 3.8) is 0 Å². The molecule has 2 heterocycles. The van der Waals surface area contributed by atoms with Crippen LogP contribution < -0.4 is 4.40 Å². The van der Waals surface area contributed by atoms with Crippen molar-refractivity contribution in [2.45, 2.75) is 37.0 Å². The summed E-state index contributed by atoms with van der Waals surface area (Å²) in [6.45, 7) is 4.47. The van der Waals surface area contributed by atoms with Gasteiger partial charge in [0.25, 0.3) is 0 Å². The maximum absolute atomic E-state index is 8.35. The molecule has 0 unspecified atom stereocenters. The van der Waals surface area contributed by atoms with Crippen molar-refractivity contribution in [1.29, 1.82) is 0 Å². The van der Waals surface area contributed by atoms with Crippen LogP contribution in [0.15, 0.2) is 60.9 Å². The zero-order valence-corrected chi connectivity index (χ0v) is 21.0. The number of hydrogen-bond acceptors (Lipinski definition) is 3. The molecule has 0 aliphatic rings. The molecule has 0 bridgehead atoms. The van der Waals surface area contributed by atoms with E-state index in [1.165, 1.54) is 30.8 Å². The second kappa shape index (κ2) is 7.17. The number of benzene rings is 3. The Kier molecular flexibility index (Phi) is 4.43. The van der Waals surface area contributed by atoms with Gasteiger partial charge in [0.2, 0.25) is 0 Å². The summed E-state index contributed by atoms with van der Waals surface area (Å²) in [4.78, 5) is 9.23. The molecule has 0 aliphatic carbocycles. The fraction of sp³-hybridized carbons (Fsp3) is 0.231. The molecule has 0 spiro atoms. The van der Waals surface area contributed by atoms with E-state index in [4.69, 9.17) is 1.37 Å². The molecule has 0 N–H and O–H groups in total. The Labute approximate surface area is 185 Å². The van der Waals surface area contributed by atoms with Gasteiger partial charge in [0.05, 0.1) is 0 Å². The molecule has 30 heavy (non-hydrogen) atoms. The van der Waals surface area contributed by atoms with Crippen molar-refractivity contribution in [2.24, 2.45) is 0 Å².